The van der Waals surface area contributed by atoms with Crippen molar-refractivity contribution in [3.63, 3.8) is 0 Å². The number of carbonyl (C=O) groups is 1. The van der Waals surface area contributed by atoms with E-state index in [0.29, 0.717) is 16.6 Å². The van der Waals surface area contributed by atoms with E-state index in [0.717, 1.165) is 11.3 Å². The minimum Gasteiger partial charge on any atom is -0.485 e. The van der Waals surface area contributed by atoms with Gasteiger partial charge >= 0.3 is 0 Å². The number of hydrogen-bond donors (Lipinski definition) is 1. The molecule has 1 aliphatic rings. The van der Waals surface area contributed by atoms with Crippen molar-refractivity contribution in [3.05, 3.63) is 71.2 Å². The van der Waals surface area contributed by atoms with Crippen LogP contribution in [0.5, 0.6) is 11.5 Å². The van der Waals surface area contributed by atoms with Crippen LogP contribution in [-0.2, 0) is 11.2 Å². The monoisotopic (exact) mass is 352 g/mol. The van der Waals surface area contributed by atoms with Crippen molar-refractivity contribution in [2.24, 2.45) is 0 Å². The summed E-state index contributed by atoms with van der Waals surface area (Å²) in [5, 5.41) is 3.38. The molecule has 0 radical (unpaired) electrons. The zero-order chi connectivity index (χ0) is 17.1. The molecule has 0 saturated carbocycles. The first-order valence-corrected chi connectivity index (χ1v) is 8.77. The topological polar surface area (TPSA) is 60.5 Å². The Balaban J connectivity index is 1.39. The summed E-state index contributed by atoms with van der Waals surface area (Å²) in [6.45, 7) is 0.186. The van der Waals surface area contributed by atoms with Gasteiger partial charge in [-0.05, 0) is 17.7 Å². The number of carbonyl (C=O) groups excluding carboxylic acids is 1. The lowest BCUT2D eigenvalue weighted by Crippen LogP contribution is -2.40. The highest BCUT2D eigenvalue weighted by atomic mass is 32.1. The summed E-state index contributed by atoms with van der Waals surface area (Å²) in [5.74, 6) is 0.985. The molecule has 0 aliphatic carbocycles. The van der Waals surface area contributed by atoms with E-state index < -0.39 is 6.10 Å². The number of rotatable bonds is 4. The highest BCUT2D eigenvalue weighted by molar-refractivity contribution is 7.15. The molecule has 1 amide bonds. The summed E-state index contributed by atoms with van der Waals surface area (Å²) in [6, 6.07) is 17.5. The van der Waals surface area contributed by atoms with E-state index >= 15 is 0 Å². The molecule has 0 unspecified atom stereocenters. The number of ether oxygens (including phenoxy) is 2. The first kappa shape index (κ1) is 15.7. The zero-order valence-electron chi connectivity index (χ0n) is 13.3. The number of anilines is 1. The first-order valence-electron chi connectivity index (χ1n) is 7.96. The molecule has 2 aromatic carbocycles. The molecule has 1 aromatic heterocycles. The van der Waals surface area contributed by atoms with Crippen LogP contribution in [0.1, 0.15) is 10.4 Å². The second-order valence-corrected chi connectivity index (χ2v) is 6.76. The van der Waals surface area contributed by atoms with Gasteiger partial charge < -0.3 is 9.47 Å². The number of para-hydroxylation sites is 2. The van der Waals surface area contributed by atoms with E-state index in [2.05, 4.69) is 22.4 Å². The predicted octanol–water partition coefficient (Wildman–Crippen LogP) is 3.51. The smallest absolute Gasteiger partial charge is 0.270 e. The Morgan fingerprint density at radius 3 is 2.72 bits per heavy atom. The first-order chi connectivity index (χ1) is 12.3. The largest absolute Gasteiger partial charge is 0.485 e. The van der Waals surface area contributed by atoms with Crippen molar-refractivity contribution in [2.75, 3.05) is 11.9 Å². The Bertz CT molecular complexity index is 879. The summed E-state index contributed by atoms with van der Waals surface area (Å²) in [5.41, 5.74) is 1.21. The zero-order valence-corrected chi connectivity index (χ0v) is 14.2. The molecule has 5 nitrogen and oxygen atoms in total. The van der Waals surface area contributed by atoms with E-state index in [9.17, 15) is 4.79 Å². The molecule has 1 N–H and O–H groups in total. The van der Waals surface area contributed by atoms with Crippen molar-refractivity contribution in [3.8, 4) is 11.5 Å². The van der Waals surface area contributed by atoms with Crippen LogP contribution in [-0.4, -0.2) is 23.6 Å². The maximum atomic E-state index is 12.4. The van der Waals surface area contributed by atoms with Gasteiger partial charge in [-0.1, -0.05) is 42.5 Å². The number of fused-ring (bicyclic) bond motifs is 1. The molecule has 2 heterocycles. The lowest BCUT2D eigenvalue weighted by molar-refractivity contribution is -0.125. The molecule has 6 heteroatoms. The Labute approximate surface area is 149 Å². The van der Waals surface area contributed by atoms with Gasteiger partial charge in [-0.3, -0.25) is 10.1 Å². The second kappa shape index (κ2) is 6.94. The molecule has 1 aliphatic heterocycles. The normalized spacial score (nSPS) is 15.6. The third kappa shape index (κ3) is 3.64. The fraction of sp³-hybridized carbons (Fsp3) is 0.158. The Morgan fingerprint density at radius 1 is 1.12 bits per heavy atom. The van der Waals surface area contributed by atoms with E-state index in [1.165, 1.54) is 16.9 Å². The van der Waals surface area contributed by atoms with Crippen molar-refractivity contribution in [1.29, 1.82) is 0 Å². The predicted molar refractivity (Wildman–Crippen MR) is 96.3 cm³/mol. The molecule has 25 heavy (non-hydrogen) atoms. The van der Waals surface area contributed by atoms with Crippen LogP contribution in [0.2, 0.25) is 0 Å². The van der Waals surface area contributed by atoms with Gasteiger partial charge in [-0.2, -0.15) is 0 Å². The molecule has 1 atom stereocenters. The molecule has 126 valence electrons. The van der Waals surface area contributed by atoms with Gasteiger partial charge in [0.15, 0.2) is 16.6 Å². The minimum atomic E-state index is -0.684. The maximum absolute atomic E-state index is 12.4. The molecule has 0 bridgehead atoms. The summed E-state index contributed by atoms with van der Waals surface area (Å²) >= 11 is 1.47. The van der Waals surface area contributed by atoms with Crippen molar-refractivity contribution < 1.29 is 14.3 Å². The Kier molecular flexibility index (Phi) is 4.35. The fourth-order valence-corrected chi connectivity index (χ4v) is 3.43. The number of thiazole rings is 1. The molecule has 3 aromatic rings. The average molecular weight is 352 g/mol. The van der Waals surface area contributed by atoms with Crippen LogP contribution >= 0.6 is 11.3 Å². The third-order valence-electron chi connectivity index (χ3n) is 3.81. The highest BCUT2D eigenvalue weighted by Gasteiger charge is 2.27. The summed E-state index contributed by atoms with van der Waals surface area (Å²) in [7, 11) is 0. The standard InChI is InChI=1S/C19H16N2O3S/c22-18(17-12-23-15-8-4-5-9-16(15)24-17)21-19-20-11-14(25-19)10-13-6-2-1-3-7-13/h1-9,11,17H,10,12H2,(H,20,21,22)/t17-/m0/s1. The number of aromatic nitrogens is 1. The summed E-state index contributed by atoms with van der Waals surface area (Å²) in [4.78, 5) is 17.8. The van der Waals surface area contributed by atoms with Gasteiger partial charge in [0.2, 0.25) is 6.10 Å². The number of nitrogens with zero attached hydrogens (tertiary/aromatic N) is 1. The van der Waals surface area contributed by atoms with Gasteiger partial charge in [-0.15, -0.1) is 11.3 Å². The molecular formula is C19H16N2O3S. The highest BCUT2D eigenvalue weighted by Crippen LogP contribution is 2.31. The van der Waals surface area contributed by atoms with Crippen molar-refractivity contribution >= 4 is 22.4 Å². The van der Waals surface area contributed by atoms with Crippen LogP contribution in [0.25, 0.3) is 0 Å². The Hall–Kier alpha value is -2.86. The van der Waals surface area contributed by atoms with Crippen molar-refractivity contribution in [2.45, 2.75) is 12.5 Å². The van der Waals surface area contributed by atoms with E-state index in [1.54, 1.807) is 12.3 Å². The lowest BCUT2D eigenvalue weighted by atomic mass is 10.1. The number of amides is 1. The van der Waals surface area contributed by atoms with Gasteiger partial charge in [-0.25, -0.2) is 4.98 Å². The van der Waals surface area contributed by atoms with Crippen molar-refractivity contribution in [1.82, 2.24) is 4.98 Å². The third-order valence-corrected chi connectivity index (χ3v) is 4.72. The molecule has 0 spiro atoms. The van der Waals surface area contributed by atoms with Crippen LogP contribution in [0, 0.1) is 0 Å². The lowest BCUT2D eigenvalue weighted by Gasteiger charge is -2.25. The van der Waals surface area contributed by atoms with Gasteiger partial charge in [0, 0.05) is 17.5 Å². The average Bonchev–Trinajstić information content (AvgIpc) is 3.09. The molecule has 4 rings (SSSR count). The van der Waals surface area contributed by atoms with E-state index in [4.69, 9.17) is 9.47 Å². The van der Waals surface area contributed by atoms with Gasteiger partial charge in [0.05, 0.1) is 0 Å². The maximum Gasteiger partial charge on any atom is 0.270 e. The van der Waals surface area contributed by atoms with Crippen LogP contribution in [0.15, 0.2) is 60.8 Å². The number of benzene rings is 2. The van der Waals surface area contributed by atoms with Gasteiger partial charge in [0.25, 0.3) is 5.91 Å². The minimum absolute atomic E-state index is 0.186. The SMILES string of the molecule is O=C(Nc1ncc(Cc2ccccc2)s1)[C@@H]1COc2ccccc2O1. The second-order valence-electron chi connectivity index (χ2n) is 5.65. The van der Waals surface area contributed by atoms with Crippen LogP contribution < -0.4 is 14.8 Å². The van der Waals surface area contributed by atoms with E-state index in [1.807, 2.05) is 36.4 Å². The molecule has 0 saturated heterocycles. The van der Waals surface area contributed by atoms with Crippen LogP contribution in [0.3, 0.4) is 0 Å². The Morgan fingerprint density at radius 2 is 1.88 bits per heavy atom. The van der Waals surface area contributed by atoms with Gasteiger partial charge in [0.1, 0.15) is 6.61 Å². The van der Waals surface area contributed by atoms with E-state index in [-0.39, 0.29) is 12.5 Å². The number of hydrogen-bond acceptors (Lipinski definition) is 5. The molecular weight excluding hydrogens is 336 g/mol. The quantitative estimate of drug-likeness (QED) is 0.780. The molecule has 0 fully saturated rings. The van der Waals surface area contributed by atoms with Crippen LogP contribution in [0.4, 0.5) is 5.13 Å². The summed E-state index contributed by atoms with van der Waals surface area (Å²) < 4.78 is 11.3. The number of nitrogens with one attached hydrogen (secondary N) is 1. The fourth-order valence-electron chi connectivity index (χ4n) is 2.58. The summed E-state index contributed by atoms with van der Waals surface area (Å²) in [6.07, 6.45) is 1.90.